The Hall–Kier alpha value is -2.43. The summed E-state index contributed by atoms with van der Waals surface area (Å²) in [6, 6.07) is 8.65. The monoisotopic (exact) mass is 288 g/mol. The van der Waals surface area contributed by atoms with Gasteiger partial charge in [0, 0.05) is 30.9 Å². The Morgan fingerprint density at radius 2 is 2.10 bits per heavy atom. The van der Waals surface area contributed by atoms with Gasteiger partial charge in [0.1, 0.15) is 0 Å². The first-order chi connectivity index (χ1) is 10.2. The summed E-state index contributed by atoms with van der Waals surface area (Å²) in [6.45, 7) is 3.17. The maximum Gasteiger partial charge on any atom is 0.250 e. The zero-order valence-corrected chi connectivity index (χ0v) is 12.3. The smallest absolute Gasteiger partial charge is 0.250 e. The Kier molecular flexibility index (Phi) is 4.87. The second kappa shape index (κ2) is 6.83. The molecule has 1 heterocycles. The van der Waals surface area contributed by atoms with Crippen LogP contribution >= 0.6 is 0 Å². The number of ether oxygens (including phenoxy) is 1. The van der Waals surface area contributed by atoms with Gasteiger partial charge >= 0.3 is 0 Å². The van der Waals surface area contributed by atoms with E-state index >= 15 is 0 Å². The van der Waals surface area contributed by atoms with Gasteiger partial charge in [0.25, 0.3) is 5.56 Å². The van der Waals surface area contributed by atoms with Crippen molar-refractivity contribution in [2.24, 2.45) is 0 Å². The number of benzene rings is 1. The average Bonchev–Trinajstić information content (AvgIpc) is 2.49. The lowest BCUT2D eigenvalue weighted by molar-refractivity contribution is 0.371. The minimum Gasteiger partial charge on any atom is -0.504 e. The molecule has 0 aliphatic rings. The first-order valence-electron chi connectivity index (χ1n) is 6.95. The van der Waals surface area contributed by atoms with Crippen LogP contribution in [0.3, 0.4) is 0 Å². The number of aromatic hydroxyl groups is 1. The molecule has 2 rings (SSSR count). The summed E-state index contributed by atoms with van der Waals surface area (Å²) in [5.74, 6) is 0.583. The van der Waals surface area contributed by atoms with Crippen molar-refractivity contribution < 1.29 is 9.84 Å². The first-order valence-corrected chi connectivity index (χ1v) is 6.95. The van der Waals surface area contributed by atoms with Crippen LogP contribution in [0.5, 0.6) is 11.5 Å². The fraction of sp³-hybridized carbons (Fsp3) is 0.312. The molecule has 0 aliphatic heterocycles. The number of phenolic OH excluding ortho intramolecular Hbond substituents is 1. The van der Waals surface area contributed by atoms with E-state index in [1.807, 2.05) is 19.1 Å². The molecule has 1 aromatic heterocycles. The van der Waals surface area contributed by atoms with Crippen LogP contribution in [0.4, 0.5) is 5.69 Å². The van der Waals surface area contributed by atoms with Gasteiger partial charge in [0.2, 0.25) is 0 Å². The number of rotatable bonds is 6. The second-order valence-electron chi connectivity index (χ2n) is 4.77. The van der Waals surface area contributed by atoms with Crippen LogP contribution in [-0.4, -0.2) is 16.8 Å². The van der Waals surface area contributed by atoms with E-state index < -0.39 is 0 Å². The minimum atomic E-state index is -0.00775. The summed E-state index contributed by atoms with van der Waals surface area (Å²) >= 11 is 0. The van der Waals surface area contributed by atoms with Gasteiger partial charge in [-0.15, -0.1) is 0 Å². The zero-order valence-electron chi connectivity index (χ0n) is 12.3. The number of pyridine rings is 1. The van der Waals surface area contributed by atoms with Crippen LogP contribution in [0.25, 0.3) is 0 Å². The highest BCUT2D eigenvalue weighted by molar-refractivity contribution is 5.48. The van der Waals surface area contributed by atoms with Crippen LogP contribution in [0.1, 0.15) is 18.9 Å². The number of phenols is 1. The quantitative estimate of drug-likeness (QED) is 0.857. The molecule has 5 nitrogen and oxygen atoms in total. The zero-order chi connectivity index (χ0) is 15.2. The standard InChI is InChI=1S/C16H20N2O3/c1-3-9-18-11-13(7-8-15(18)19)17-10-12-5-4-6-14(21-2)16(12)20/h4-8,11,17,20H,3,9-10H2,1-2H3. The number of hydrogen-bond donors (Lipinski definition) is 2. The van der Waals surface area contributed by atoms with Gasteiger partial charge in [0.05, 0.1) is 12.8 Å². The molecule has 112 valence electrons. The molecule has 5 heteroatoms. The predicted molar refractivity (Wildman–Crippen MR) is 83.0 cm³/mol. The highest BCUT2D eigenvalue weighted by Crippen LogP contribution is 2.29. The Morgan fingerprint density at radius 3 is 2.81 bits per heavy atom. The van der Waals surface area contributed by atoms with Crippen LogP contribution in [-0.2, 0) is 13.1 Å². The lowest BCUT2D eigenvalue weighted by Crippen LogP contribution is -2.18. The number of aryl methyl sites for hydroxylation is 1. The molecule has 0 fully saturated rings. The molecular formula is C16H20N2O3. The van der Waals surface area contributed by atoms with Gasteiger partial charge in [0.15, 0.2) is 11.5 Å². The van der Waals surface area contributed by atoms with Crippen LogP contribution in [0.15, 0.2) is 41.3 Å². The molecule has 0 atom stereocenters. The van der Waals surface area contributed by atoms with Gasteiger partial charge in [-0.25, -0.2) is 0 Å². The van der Waals surface area contributed by atoms with Crippen molar-refractivity contribution in [3.8, 4) is 11.5 Å². The van der Waals surface area contributed by atoms with E-state index in [1.54, 1.807) is 29.0 Å². The molecule has 21 heavy (non-hydrogen) atoms. The van der Waals surface area contributed by atoms with Crippen molar-refractivity contribution in [3.05, 3.63) is 52.4 Å². The van der Waals surface area contributed by atoms with E-state index in [-0.39, 0.29) is 11.3 Å². The maximum absolute atomic E-state index is 11.7. The molecule has 1 aromatic carbocycles. The molecule has 0 aliphatic carbocycles. The molecular weight excluding hydrogens is 268 g/mol. The van der Waals surface area contributed by atoms with Crippen molar-refractivity contribution in [2.75, 3.05) is 12.4 Å². The van der Waals surface area contributed by atoms with Crippen LogP contribution in [0, 0.1) is 0 Å². The summed E-state index contributed by atoms with van der Waals surface area (Å²) < 4.78 is 6.76. The number of hydrogen-bond acceptors (Lipinski definition) is 4. The van der Waals surface area contributed by atoms with E-state index in [9.17, 15) is 9.90 Å². The normalized spacial score (nSPS) is 10.4. The SMILES string of the molecule is CCCn1cc(NCc2cccc(OC)c2O)ccc1=O. The molecule has 0 saturated heterocycles. The molecule has 0 bridgehead atoms. The molecule has 0 amide bonds. The summed E-state index contributed by atoms with van der Waals surface area (Å²) in [7, 11) is 1.52. The third-order valence-corrected chi connectivity index (χ3v) is 3.23. The van der Waals surface area contributed by atoms with Crippen molar-refractivity contribution in [1.82, 2.24) is 4.57 Å². The van der Waals surface area contributed by atoms with E-state index in [2.05, 4.69) is 5.32 Å². The van der Waals surface area contributed by atoms with Gasteiger partial charge in [-0.2, -0.15) is 0 Å². The minimum absolute atomic E-state index is 0.00775. The van der Waals surface area contributed by atoms with Gasteiger partial charge in [-0.3, -0.25) is 4.79 Å². The number of methoxy groups -OCH3 is 1. The van der Waals surface area contributed by atoms with Crippen LogP contribution < -0.4 is 15.6 Å². The third-order valence-electron chi connectivity index (χ3n) is 3.23. The molecule has 2 N–H and O–H groups in total. The number of anilines is 1. The number of nitrogens with zero attached hydrogens (tertiary/aromatic N) is 1. The Bertz CT molecular complexity index is 665. The fourth-order valence-electron chi connectivity index (χ4n) is 2.12. The highest BCUT2D eigenvalue weighted by atomic mass is 16.5. The van der Waals surface area contributed by atoms with E-state index in [0.717, 1.165) is 17.7 Å². The summed E-state index contributed by atoms with van der Waals surface area (Å²) in [4.78, 5) is 11.7. The predicted octanol–water partition coefficient (Wildman–Crippen LogP) is 2.58. The lowest BCUT2D eigenvalue weighted by atomic mass is 10.2. The largest absolute Gasteiger partial charge is 0.504 e. The van der Waals surface area contributed by atoms with Crippen molar-refractivity contribution in [1.29, 1.82) is 0 Å². The van der Waals surface area contributed by atoms with E-state index in [4.69, 9.17) is 4.74 Å². The Morgan fingerprint density at radius 1 is 1.29 bits per heavy atom. The Balaban J connectivity index is 2.13. The third kappa shape index (κ3) is 3.56. The summed E-state index contributed by atoms with van der Waals surface area (Å²) in [6.07, 6.45) is 2.70. The van der Waals surface area contributed by atoms with Gasteiger partial charge in [-0.1, -0.05) is 19.1 Å². The lowest BCUT2D eigenvalue weighted by Gasteiger charge is -2.12. The first kappa shape index (κ1) is 15.0. The van der Waals surface area contributed by atoms with Crippen molar-refractivity contribution in [3.63, 3.8) is 0 Å². The maximum atomic E-state index is 11.7. The number of aromatic nitrogens is 1. The van der Waals surface area contributed by atoms with Crippen LogP contribution in [0.2, 0.25) is 0 Å². The molecule has 0 saturated carbocycles. The molecule has 0 unspecified atom stereocenters. The number of nitrogens with one attached hydrogen (secondary N) is 1. The van der Waals surface area contributed by atoms with Crippen molar-refractivity contribution >= 4 is 5.69 Å². The van der Waals surface area contributed by atoms with Gasteiger partial charge < -0.3 is 19.7 Å². The molecule has 0 spiro atoms. The van der Waals surface area contributed by atoms with E-state index in [1.165, 1.54) is 7.11 Å². The number of para-hydroxylation sites is 1. The molecule has 0 radical (unpaired) electrons. The summed E-state index contributed by atoms with van der Waals surface area (Å²) in [5, 5.41) is 13.2. The highest BCUT2D eigenvalue weighted by Gasteiger charge is 2.07. The van der Waals surface area contributed by atoms with Crippen molar-refractivity contribution in [2.45, 2.75) is 26.4 Å². The van der Waals surface area contributed by atoms with Gasteiger partial charge in [-0.05, 0) is 18.6 Å². The fourth-order valence-corrected chi connectivity index (χ4v) is 2.12. The topological polar surface area (TPSA) is 63.5 Å². The summed E-state index contributed by atoms with van der Waals surface area (Å²) in [5.41, 5.74) is 1.57. The average molecular weight is 288 g/mol. The molecule has 2 aromatic rings. The Labute approximate surface area is 123 Å². The van der Waals surface area contributed by atoms with E-state index in [0.29, 0.717) is 18.8 Å². The second-order valence-corrected chi connectivity index (χ2v) is 4.77.